The zero-order chi connectivity index (χ0) is 14.1. The highest BCUT2D eigenvalue weighted by atomic mass is 79.9. The Bertz CT molecular complexity index is 522. The fourth-order valence-electron chi connectivity index (χ4n) is 0.948. The first-order chi connectivity index (χ1) is 8.13. The number of carbonyl (C=O) groups excluding carboxylic acids is 1. The van der Waals surface area contributed by atoms with E-state index >= 15 is 0 Å². The number of halogens is 5. The van der Waals surface area contributed by atoms with Gasteiger partial charge in [-0.2, -0.15) is 0 Å². The SMILES string of the molecule is O=C(Cl)c1c(OC(F)(F)F)ncc([N+](=O)[O-])c1Br. The minimum absolute atomic E-state index is 0.508. The quantitative estimate of drug-likeness (QED) is 0.476. The van der Waals surface area contributed by atoms with E-state index in [9.17, 15) is 28.1 Å². The van der Waals surface area contributed by atoms with E-state index in [1.807, 2.05) is 0 Å². The van der Waals surface area contributed by atoms with Gasteiger partial charge in [-0.05, 0) is 27.5 Å². The molecule has 0 radical (unpaired) electrons. The molecule has 0 amide bonds. The molecule has 11 heteroatoms. The van der Waals surface area contributed by atoms with Crippen LogP contribution in [0.15, 0.2) is 10.7 Å². The van der Waals surface area contributed by atoms with Gasteiger partial charge in [0.05, 0.1) is 4.92 Å². The van der Waals surface area contributed by atoms with Gasteiger partial charge in [0.15, 0.2) is 0 Å². The molecule has 0 saturated heterocycles. The second kappa shape index (κ2) is 5.06. The normalized spacial score (nSPS) is 11.2. The number of aromatic nitrogens is 1. The molecule has 98 valence electrons. The molecule has 0 saturated carbocycles. The molecule has 0 fully saturated rings. The lowest BCUT2D eigenvalue weighted by Crippen LogP contribution is -2.20. The van der Waals surface area contributed by atoms with Crippen molar-refractivity contribution >= 4 is 38.5 Å². The molecule has 0 atom stereocenters. The van der Waals surface area contributed by atoms with Crippen LogP contribution in [0.3, 0.4) is 0 Å². The minimum atomic E-state index is -5.11. The highest BCUT2D eigenvalue weighted by Gasteiger charge is 2.36. The summed E-state index contributed by atoms with van der Waals surface area (Å²) in [5, 5.41) is 9.13. The van der Waals surface area contributed by atoms with Crippen LogP contribution in [-0.4, -0.2) is 21.5 Å². The summed E-state index contributed by atoms with van der Waals surface area (Å²) in [5.41, 5.74) is -1.59. The predicted octanol–water partition coefficient (Wildman–Crippen LogP) is 3.03. The Morgan fingerprint density at radius 2 is 2.11 bits per heavy atom. The minimum Gasteiger partial charge on any atom is -0.387 e. The van der Waals surface area contributed by atoms with Crippen molar-refractivity contribution in [2.75, 3.05) is 0 Å². The number of hydrogen-bond donors (Lipinski definition) is 0. The Labute approximate surface area is 110 Å². The van der Waals surface area contributed by atoms with Crippen LogP contribution in [0.1, 0.15) is 10.4 Å². The summed E-state index contributed by atoms with van der Waals surface area (Å²) in [5.74, 6) is -1.17. The molecule has 0 unspecified atom stereocenters. The Morgan fingerprint density at radius 1 is 1.56 bits per heavy atom. The molecule has 0 aliphatic rings. The van der Waals surface area contributed by atoms with Gasteiger partial charge in [0.1, 0.15) is 16.2 Å². The van der Waals surface area contributed by atoms with Crippen LogP contribution in [0, 0.1) is 10.1 Å². The Morgan fingerprint density at radius 3 is 2.50 bits per heavy atom. The van der Waals surface area contributed by atoms with Gasteiger partial charge in [0, 0.05) is 0 Å². The fraction of sp³-hybridized carbons (Fsp3) is 0.143. The molecular weight excluding hydrogens is 348 g/mol. The molecular formula is C7HBrClF3N2O4. The standard InChI is InChI=1S/C7HBrClF3N2O4/c8-4-2(14(16)17)1-13-6(3(4)5(9)15)18-7(10,11)12/h1H. The van der Waals surface area contributed by atoms with E-state index in [0.29, 0.717) is 6.20 Å². The molecule has 18 heavy (non-hydrogen) atoms. The van der Waals surface area contributed by atoms with Gasteiger partial charge in [-0.1, -0.05) is 0 Å². The average Bonchev–Trinajstić information content (AvgIpc) is 2.13. The first-order valence-electron chi connectivity index (χ1n) is 3.92. The maximum absolute atomic E-state index is 12.0. The van der Waals surface area contributed by atoms with E-state index in [1.165, 1.54) is 0 Å². The zero-order valence-corrected chi connectivity index (χ0v) is 10.3. The molecule has 6 nitrogen and oxygen atoms in total. The summed E-state index contributed by atoms with van der Waals surface area (Å²) < 4.78 is 38.9. The van der Waals surface area contributed by atoms with Crippen molar-refractivity contribution in [3.8, 4) is 5.88 Å². The second-order valence-corrected chi connectivity index (χ2v) is 3.85. The molecule has 0 N–H and O–H groups in total. The number of pyridine rings is 1. The number of alkyl halides is 3. The highest BCUT2D eigenvalue weighted by Crippen LogP contribution is 2.36. The van der Waals surface area contributed by atoms with Gasteiger partial charge in [0.25, 0.3) is 5.24 Å². The van der Waals surface area contributed by atoms with Crippen molar-refractivity contribution in [1.29, 1.82) is 0 Å². The number of nitro groups is 1. The molecule has 0 spiro atoms. The maximum atomic E-state index is 12.0. The van der Waals surface area contributed by atoms with Crippen molar-refractivity contribution in [2.45, 2.75) is 6.36 Å². The number of rotatable bonds is 3. The molecule has 1 aromatic rings. The Kier molecular flexibility index (Phi) is 4.12. The molecule has 0 aromatic carbocycles. The first-order valence-corrected chi connectivity index (χ1v) is 5.09. The van der Waals surface area contributed by atoms with Crippen molar-refractivity contribution in [1.82, 2.24) is 4.98 Å². The summed E-state index contributed by atoms with van der Waals surface area (Å²) in [6, 6.07) is 0. The van der Waals surface area contributed by atoms with Crippen LogP contribution in [0.2, 0.25) is 0 Å². The van der Waals surface area contributed by atoms with E-state index in [2.05, 4.69) is 25.7 Å². The third kappa shape index (κ3) is 3.29. The van der Waals surface area contributed by atoms with Crippen molar-refractivity contribution in [2.24, 2.45) is 0 Å². The highest BCUT2D eigenvalue weighted by molar-refractivity contribution is 9.10. The topological polar surface area (TPSA) is 82.3 Å². The lowest BCUT2D eigenvalue weighted by molar-refractivity contribution is -0.386. The Hall–Kier alpha value is -1.42. The van der Waals surface area contributed by atoms with Gasteiger partial charge < -0.3 is 4.74 Å². The molecule has 1 heterocycles. The summed E-state index contributed by atoms with van der Waals surface area (Å²) in [6.45, 7) is 0. The van der Waals surface area contributed by atoms with Gasteiger partial charge in [0.2, 0.25) is 5.88 Å². The van der Waals surface area contributed by atoms with E-state index in [0.717, 1.165) is 0 Å². The number of carbonyl (C=O) groups is 1. The Balaban J connectivity index is 3.42. The van der Waals surface area contributed by atoms with E-state index in [1.54, 1.807) is 0 Å². The van der Waals surface area contributed by atoms with Crippen LogP contribution in [0.25, 0.3) is 0 Å². The molecule has 0 aliphatic carbocycles. The van der Waals surface area contributed by atoms with Gasteiger partial charge >= 0.3 is 12.0 Å². The van der Waals surface area contributed by atoms with Crippen LogP contribution in [0.4, 0.5) is 18.9 Å². The van der Waals surface area contributed by atoms with Crippen LogP contribution >= 0.6 is 27.5 Å². The number of hydrogen-bond acceptors (Lipinski definition) is 5. The monoisotopic (exact) mass is 348 g/mol. The largest absolute Gasteiger partial charge is 0.574 e. The van der Waals surface area contributed by atoms with Crippen molar-refractivity contribution in [3.63, 3.8) is 0 Å². The summed E-state index contributed by atoms with van der Waals surface area (Å²) in [4.78, 5) is 23.6. The van der Waals surface area contributed by atoms with Crippen LogP contribution in [0.5, 0.6) is 5.88 Å². The van der Waals surface area contributed by atoms with Crippen molar-refractivity contribution < 1.29 is 27.6 Å². The molecule has 0 aliphatic heterocycles. The summed E-state index contributed by atoms with van der Waals surface area (Å²) in [6.07, 6.45) is -4.60. The maximum Gasteiger partial charge on any atom is 0.574 e. The van der Waals surface area contributed by atoms with Gasteiger partial charge in [-0.15, -0.1) is 13.2 Å². The fourth-order valence-corrected chi connectivity index (χ4v) is 1.83. The van der Waals surface area contributed by atoms with E-state index in [-0.39, 0.29) is 0 Å². The summed E-state index contributed by atoms with van der Waals surface area (Å²) in [7, 11) is 0. The van der Waals surface area contributed by atoms with Crippen LogP contribution < -0.4 is 4.74 Å². The van der Waals surface area contributed by atoms with Crippen molar-refractivity contribution in [3.05, 3.63) is 26.3 Å². The van der Waals surface area contributed by atoms with Gasteiger partial charge in [-0.25, -0.2) is 4.98 Å². The van der Waals surface area contributed by atoms with Crippen LogP contribution in [-0.2, 0) is 0 Å². The lowest BCUT2D eigenvalue weighted by atomic mass is 10.2. The number of ether oxygens (including phenoxy) is 1. The molecule has 1 rings (SSSR count). The third-order valence-corrected chi connectivity index (χ3v) is 2.56. The third-order valence-electron chi connectivity index (χ3n) is 1.57. The second-order valence-electron chi connectivity index (χ2n) is 2.72. The summed E-state index contributed by atoms with van der Waals surface area (Å²) >= 11 is 7.65. The molecule has 1 aromatic heterocycles. The number of nitrogens with zero attached hydrogens (tertiary/aromatic N) is 2. The lowest BCUT2D eigenvalue weighted by Gasteiger charge is -2.10. The van der Waals surface area contributed by atoms with E-state index in [4.69, 9.17) is 11.6 Å². The molecule has 0 bridgehead atoms. The average molecular weight is 349 g/mol. The van der Waals surface area contributed by atoms with E-state index < -0.39 is 38.1 Å². The predicted molar refractivity (Wildman–Crippen MR) is 55.5 cm³/mol. The smallest absolute Gasteiger partial charge is 0.387 e. The van der Waals surface area contributed by atoms with Gasteiger partial charge in [-0.3, -0.25) is 14.9 Å². The zero-order valence-electron chi connectivity index (χ0n) is 7.99. The first kappa shape index (κ1) is 14.6.